The summed E-state index contributed by atoms with van der Waals surface area (Å²) in [6, 6.07) is 11.4. The Morgan fingerprint density at radius 3 is 2.79 bits per heavy atom. The first-order chi connectivity index (χ1) is 9.24. The lowest BCUT2D eigenvalue weighted by atomic mass is 10.1. The predicted molar refractivity (Wildman–Crippen MR) is 81.5 cm³/mol. The standard InChI is InChI=1S/C16H27N3/c1-18(2)11-12-19-10-6-9-17-16(14-19)13-15-7-4-3-5-8-15/h3-5,7-8,16-17H,6,9-14H2,1-2H3. The number of hydrogen-bond donors (Lipinski definition) is 1. The maximum absolute atomic E-state index is 3.69. The highest BCUT2D eigenvalue weighted by Crippen LogP contribution is 2.07. The van der Waals surface area contributed by atoms with E-state index in [1.165, 1.54) is 31.6 Å². The molecule has 1 unspecified atom stereocenters. The summed E-state index contributed by atoms with van der Waals surface area (Å²) >= 11 is 0. The highest BCUT2D eigenvalue weighted by atomic mass is 15.2. The van der Waals surface area contributed by atoms with E-state index in [1.807, 2.05) is 0 Å². The van der Waals surface area contributed by atoms with Gasteiger partial charge in [0.05, 0.1) is 0 Å². The van der Waals surface area contributed by atoms with Crippen molar-refractivity contribution in [2.45, 2.75) is 18.9 Å². The smallest absolute Gasteiger partial charge is 0.0235 e. The zero-order valence-electron chi connectivity index (χ0n) is 12.3. The van der Waals surface area contributed by atoms with Crippen molar-refractivity contribution in [3.8, 4) is 0 Å². The summed E-state index contributed by atoms with van der Waals surface area (Å²) in [5.41, 5.74) is 1.44. The van der Waals surface area contributed by atoms with Crippen LogP contribution in [-0.4, -0.2) is 62.7 Å². The van der Waals surface area contributed by atoms with Crippen molar-refractivity contribution >= 4 is 0 Å². The molecule has 1 aliphatic heterocycles. The molecule has 1 saturated heterocycles. The monoisotopic (exact) mass is 261 g/mol. The van der Waals surface area contributed by atoms with Crippen LogP contribution in [0.25, 0.3) is 0 Å². The number of hydrogen-bond acceptors (Lipinski definition) is 3. The third-order valence-corrected chi connectivity index (χ3v) is 3.75. The molecule has 0 amide bonds. The van der Waals surface area contributed by atoms with Gasteiger partial charge in [-0.15, -0.1) is 0 Å². The quantitative estimate of drug-likeness (QED) is 0.865. The Hall–Kier alpha value is -0.900. The molecule has 106 valence electrons. The van der Waals surface area contributed by atoms with Gasteiger partial charge in [-0.3, -0.25) is 0 Å². The van der Waals surface area contributed by atoms with Crippen LogP contribution in [0.3, 0.4) is 0 Å². The molecule has 0 aromatic heterocycles. The minimum absolute atomic E-state index is 0.590. The fraction of sp³-hybridized carbons (Fsp3) is 0.625. The second kappa shape index (κ2) is 7.63. The average molecular weight is 261 g/mol. The maximum atomic E-state index is 3.69. The van der Waals surface area contributed by atoms with Gasteiger partial charge in [0, 0.05) is 25.7 Å². The lowest BCUT2D eigenvalue weighted by Crippen LogP contribution is -2.41. The summed E-state index contributed by atoms with van der Waals surface area (Å²) in [6.07, 6.45) is 2.40. The Balaban J connectivity index is 1.85. The van der Waals surface area contributed by atoms with Gasteiger partial charge in [0.25, 0.3) is 0 Å². The van der Waals surface area contributed by atoms with E-state index in [9.17, 15) is 0 Å². The van der Waals surface area contributed by atoms with Gasteiger partial charge in [0.2, 0.25) is 0 Å². The third kappa shape index (κ3) is 5.31. The van der Waals surface area contributed by atoms with Crippen LogP contribution in [0, 0.1) is 0 Å². The van der Waals surface area contributed by atoms with Crippen molar-refractivity contribution < 1.29 is 0 Å². The Morgan fingerprint density at radius 1 is 1.26 bits per heavy atom. The van der Waals surface area contributed by atoms with E-state index in [-0.39, 0.29) is 0 Å². The van der Waals surface area contributed by atoms with E-state index in [2.05, 4.69) is 59.5 Å². The first-order valence-electron chi connectivity index (χ1n) is 7.38. The van der Waals surface area contributed by atoms with Crippen molar-refractivity contribution in [3.05, 3.63) is 35.9 Å². The Bertz CT molecular complexity index is 350. The summed E-state index contributed by atoms with van der Waals surface area (Å²) in [5, 5.41) is 3.69. The fourth-order valence-corrected chi connectivity index (χ4v) is 2.66. The van der Waals surface area contributed by atoms with Gasteiger partial charge in [-0.1, -0.05) is 30.3 Å². The van der Waals surface area contributed by atoms with Gasteiger partial charge < -0.3 is 15.1 Å². The minimum Gasteiger partial charge on any atom is -0.312 e. The molecule has 1 atom stereocenters. The number of nitrogens with zero attached hydrogens (tertiary/aromatic N) is 2. The van der Waals surface area contributed by atoms with Crippen LogP contribution in [0.15, 0.2) is 30.3 Å². The number of benzene rings is 1. The lowest BCUT2D eigenvalue weighted by Gasteiger charge is -2.25. The molecule has 1 aromatic rings. The molecule has 1 fully saturated rings. The first-order valence-corrected chi connectivity index (χ1v) is 7.38. The predicted octanol–water partition coefficient (Wildman–Crippen LogP) is 1.45. The Morgan fingerprint density at radius 2 is 2.05 bits per heavy atom. The fourth-order valence-electron chi connectivity index (χ4n) is 2.66. The van der Waals surface area contributed by atoms with Crippen LogP contribution in [0.1, 0.15) is 12.0 Å². The molecular formula is C16H27N3. The summed E-state index contributed by atoms with van der Waals surface area (Å²) in [4.78, 5) is 4.87. The largest absolute Gasteiger partial charge is 0.312 e. The zero-order chi connectivity index (χ0) is 13.5. The van der Waals surface area contributed by atoms with Crippen LogP contribution >= 0.6 is 0 Å². The van der Waals surface area contributed by atoms with Crippen LogP contribution in [0.4, 0.5) is 0 Å². The van der Waals surface area contributed by atoms with Gasteiger partial charge in [-0.25, -0.2) is 0 Å². The molecule has 0 aliphatic carbocycles. The molecule has 1 heterocycles. The molecule has 19 heavy (non-hydrogen) atoms. The van der Waals surface area contributed by atoms with E-state index in [4.69, 9.17) is 0 Å². The van der Waals surface area contributed by atoms with Gasteiger partial charge >= 0.3 is 0 Å². The summed E-state index contributed by atoms with van der Waals surface area (Å²) < 4.78 is 0. The van der Waals surface area contributed by atoms with Gasteiger partial charge in [0.1, 0.15) is 0 Å². The summed E-state index contributed by atoms with van der Waals surface area (Å²) in [6.45, 7) is 5.88. The van der Waals surface area contributed by atoms with Gasteiger partial charge in [-0.05, 0) is 45.6 Å². The first kappa shape index (κ1) is 14.5. The Labute approximate surface area is 117 Å². The van der Waals surface area contributed by atoms with Crippen molar-refractivity contribution in [3.63, 3.8) is 0 Å². The average Bonchev–Trinajstić information content (AvgIpc) is 2.63. The molecule has 0 bridgehead atoms. The number of rotatable bonds is 5. The lowest BCUT2D eigenvalue weighted by molar-refractivity contribution is 0.236. The molecule has 0 spiro atoms. The van der Waals surface area contributed by atoms with Crippen LogP contribution in [-0.2, 0) is 6.42 Å². The van der Waals surface area contributed by atoms with E-state index in [0.29, 0.717) is 6.04 Å². The molecule has 0 radical (unpaired) electrons. The normalized spacial score (nSPS) is 21.5. The maximum Gasteiger partial charge on any atom is 0.0235 e. The second-order valence-electron chi connectivity index (χ2n) is 5.80. The van der Waals surface area contributed by atoms with Crippen molar-refractivity contribution in [1.29, 1.82) is 0 Å². The summed E-state index contributed by atoms with van der Waals surface area (Å²) in [7, 11) is 4.30. The molecule has 2 rings (SSSR count). The second-order valence-corrected chi connectivity index (χ2v) is 5.80. The molecule has 1 aromatic carbocycles. The number of likely N-dealkylation sites (N-methyl/N-ethyl adjacent to an activating group) is 1. The molecular weight excluding hydrogens is 234 g/mol. The van der Waals surface area contributed by atoms with E-state index < -0.39 is 0 Å². The zero-order valence-corrected chi connectivity index (χ0v) is 12.3. The summed E-state index contributed by atoms with van der Waals surface area (Å²) in [5.74, 6) is 0. The van der Waals surface area contributed by atoms with Gasteiger partial charge in [0.15, 0.2) is 0 Å². The van der Waals surface area contributed by atoms with E-state index in [0.717, 1.165) is 19.5 Å². The van der Waals surface area contributed by atoms with Crippen LogP contribution in [0.2, 0.25) is 0 Å². The number of nitrogens with one attached hydrogen (secondary N) is 1. The third-order valence-electron chi connectivity index (χ3n) is 3.75. The minimum atomic E-state index is 0.590. The van der Waals surface area contributed by atoms with Gasteiger partial charge in [-0.2, -0.15) is 0 Å². The SMILES string of the molecule is CN(C)CCN1CCCNC(Cc2ccccc2)C1. The van der Waals surface area contributed by atoms with E-state index >= 15 is 0 Å². The topological polar surface area (TPSA) is 18.5 Å². The molecule has 0 saturated carbocycles. The molecule has 1 aliphatic rings. The van der Waals surface area contributed by atoms with E-state index in [1.54, 1.807) is 0 Å². The van der Waals surface area contributed by atoms with Crippen molar-refractivity contribution in [1.82, 2.24) is 15.1 Å². The Kier molecular flexibility index (Phi) is 5.83. The van der Waals surface area contributed by atoms with Crippen LogP contribution < -0.4 is 5.32 Å². The molecule has 3 nitrogen and oxygen atoms in total. The molecule has 3 heteroatoms. The molecule has 1 N–H and O–H groups in total. The highest BCUT2D eigenvalue weighted by molar-refractivity contribution is 5.16. The van der Waals surface area contributed by atoms with Crippen molar-refractivity contribution in [2.24, 2.45) is 0 Å². The highest BCUT2D eigenvalue weighted by Gasteiger charge is 2.17. The van der Waals surface area contributed by atoms with Crippen LogP contribution in [0.5, 0.6) is 0 Å². The van der Waals surface area contributed by atoms with Crippen molar-refractivity contribution in [2.75, 3.05) is 46.8 Å².